The van der Waals surface area contributed by atoms with Crippen LogP contribution in [-0.2, 0) is 0 Å². The summed E-state index contributed by atoms with van der Waals surface area (Å²) >= 11 is 0. The fourth-order valence-corrected chi connectivity index (χ4v) is 1.37. The lowest BCUT2D eigenvalue weighted by Gasteiger charge is -2.07. The van der Waals surface area contributed by atoms with Gasteiger partial charge in [0.25, 0.3) is 11.8 Å². The van der Waals surface area contributed by atoms with Crippen LogP contribution in [0.5, 0.6) is 0 Å². The maximum atomic E-state index is 11.6. The zero-order valence-corrected chi connectivity index (χ0v) is 7.23. The van der Waals surface area contributed by atoms with Gasteiger partial charge in [0, 0.05) is 12.4 Å². The highest BCUT2D eigenvalue weighted by atomic mass is 16.2. The van der Waals surface area contributed by atoms with Gasteiger partial charge in [-0.25, -0.2) is 0 Å². The van der Waals surface area contributed by atoms with Crippen molar-refractivity contribution < 1.29 is 9.59 Å². The van der Waals surface area contributed by atoms with E-state index in [9.17, 15) is 9.59 Å². The minimum absolute atomic E-state index is 0.00630. The fourth-order valence-electron chi connectivity index (χ4n) is 1.37. The number of terminal acetylenes is 1. The molecule has 68 valence electrons. The largest absolute Gasteiger partial charge is 0.269 e. The number of nitrogens with zero attached hydrogens (tertiary/aromatic N) is 2. The number of rotatable bonds is 1. The van der Waals surface area contributed by atoms with E-state index in [1.807, 2.05) is 0 Å². The van der Waals surface area contributed by atoms with Gasteiger partial charge >= 0.3 is 0 Å². The first-order valence-corrected chi connectivity index (χ1v) is 3.99. The van der Waals surface area contributed by atoms with Crippen LogP contribution < -0.4 is 0 Å². The van der Waals surface area contributed by atoms with Crippen molar-refractivity contribution in [2.45, 2.75) is 0 Å². The van der Waals surface area contributed by atoms with Gasteiger partial charge in [0.15, 0.2) is 0 Å². The molecule has 0 aliphatic carbocycles. The molecule has 1 aliphatic heterocycles. The van der Waals surface area contributed by atoms with Crippen LogP contribution in [0.15, 0.2) is 18.5 Å². The third-order valence-electron chi connectivity index (χ3n) is 2.02. The summed E-state index contributed by atoms with van der Waals surface area (Å²) in [5.74, 6) is 1.56. The van der Waals surface area contributed by atoms with Crippen LogP contribution in [0, 0.1) is 12.3 Å². The second-order valence-electron chi connectivity index (χ2n) is 2.82. The minimum atomic E-state index is -0.365. The Morgan fingerprint density at radius 1 is 1.36 bits per heavy atom. The summed E-state index contributed by atoms with van der Waals surface area (Å²) in [6.45, 7) is 0.00630. The lowest BCUT2D eigenvalue weighted by Crippen LogP contribution is -2.29. The molecule has 0 fully saturated rings. The zero-order chi connectivity index (χ0) is 10.1. The van der Waals surface area contributed by atoms with Crippen molar-refractivity contribution >= 4 is 11.8 Å². The topological polar surface area (TPSA) is 50.3 Å². The molecule has 2 amide bonds. The van der Waals surface area contributed by atoms with E-state index in [0.717, 1.165) is 4.90 Å². The molecule has 1 aliphatic rings. The summed E-state index contributed by atoms with van der Waals surface area (Å²) in [7, 11) is 0. The molecule has 0 spiro atoms. The molecule has 4 heteroatoms. The number of hydrogen-bond donors (Lipinski definition) is 0. The van der Waals surface area contributed by atoms with E-state index in [2.05, 4.69) is 10.9 Å². The van der Waals surface area contributed by atoms with E-state index in [1.165, 1.54) is 18.5 Å². The third kappa shape index (κ3) is 0.995. The molecule has 0 aromatic carbocycles. The zero-order valence-electron chi connectivity index (χ0n) is 7.23. The van der Waals surface area contributed by atoms with Gasteiger partial charge in [-0.3, -0.25) is 19.5 Å². The molecular formula is C10H6N2O2. The molecule has 0 saturated carbocycles. The molecule has 2 rings (SSSR count). The normalized spacial score (nSPS) is 14.1. The summed E-state index contributed by atoms with van der Waals surface area (Å²) in [6.07, 6.45) is 7.91. The van der Waals surface area contributed by atoms with Gasteiger partial charge in [0.2, 0.25) is 0 Å². The molecule has 0 radical (unpaired) electrons. The average Bonchev–Trinajstić information content (AvgIpc) is 2.45. The maximum absolute atomic E-state index is 11.6. The first-order valence-electron chi connectivity index (χ1n) is 3.99. The first kappa shape index (κ1) is 8.45. The molecule has 0 atom stereocenters. The molecule has 14 heavy (non-hydrogen) atoms. The Kier molecular flexibility index (Phi) is 1.79. The second-order valence-corrected chi connectivity index (χ2v) is 2.82. The summed E-state index contributed by atoms with van der Waals surface area (Å²) in [4.78, 5) is 28.0. The minimum Gasteiger partial charge on any atom is -0.269 e. The third-order valence-corrected chi connectivity index (χ3v) is 2.02. The Morgan fingerprint density at radius 3 is 2.71 bits per heavy atom. The van der Waals surface area contributed by atoms with Gasteiger partial charge in [-0.05, 0) is 6.07 Å². The van der Waals surface area contributed by atoms with Crippen LogP contribution >= 0.6 is 0 Å². The summed E-state index contributed by atoms with van der Waals surface area (Å²) in [5, 5.41) is 0. The average molecular weight is 186 g/mol. The van der Waals surface area contributed by atoms with E-state index in [-0.39, 0.29) is 18.4 Å². The van der Waals surface area contributed by atoms with Gasteiger partial charge in [0.05, 0.1) is 17.7 Å². The molecule has 0 unspecified atom stereocenters. The van der Waals surface area contributed by atoms with Crippen molar-refractivity contribution in [3.8, 4) is 12.3 Å². The number of imide groups is 1. The molecular weight excluding hydrogens is 180 g/mol. The quantitative estimate of drug-likeness (QED) is 0.468. The summed E-state index contributed by atoms with van der Waals surface area (Å²) < 4.78 is 0. The Morgan fingerprint density at radius 2 is 2.07 bits per heavy atom. The van der Waals surface area contributed by atoms with Crippen LogP contribution in [-0.4, -0.2) is 28.2 Å². The monoisotopic (exact) mass is 186 g/mol. The van der Waals surface area contributed by atoms with Crippen molar-refractivity contribution in [1.29, 1.82) is 0 Å². The van der Waals surface area contributed by atoms with Gasteiger partial charge in [-0.1, -0.05) is 5.92 Å². The lowest BCUT2D eigenvalue weighted by atomic mass is 10.2. The predicted octanol–water partition coefficient (Wildman–Crippen LogP) is 0.311. The molecule has 4 nitrogen and oxygen atoms in total. The number of fused-ring (bicyclic) bond motifs is 1. The fraction of sp³-hybridized carbons (Fsp3) is 0.100. The van der Waals surface area contributed by atoms with Crippen LogP contribution in [0.1, 0.15) is 20.7 Å². The van der Waals surface area contributed by atoms with Crippen molar-refractivity contribution in [3.05, 3.63) is 29.6 Å². The highest BCUT2D eigenvalue weighted by Gasteiger charge is 2.34. The number of carbonyl (C=O) groups is 2. The molecule has 1 aromatic rings. The molecule has 2 heterocycles. The van der Waals surface area contributed by atoms with Gasteiger partial charge in [0.1, 0.15) is 0 Å². The number of amides is 2. The maximum Gasteiger partial charge on any atom is 0.263 e. The molecule has 0 bridgehead atoms. The van der Waals surface area contributed by atoms with Gasteiger partial charge < -0.3 is 0 Å². The van der Waals surface area contributed by atoms with Crippen molar-refractivity contribution in [2.75, 3.05) is 6.54 Å². The van der Waals surface area contributed by atoms with Crippen molar-refractivity contribution in [2.24, 2.45) is 0 Å². The van der Waals surface area contributed by atoms with E-state index in [1.54, 1.807) is 0 Å². The Balaban J connectivity index is 2.49. The summed E-state index contributed by atoms with van der Waals surface area (Å²) in [5.41, 5.74) is 0.702. The SMILES string of the molecule is C#CCN1C(=O)c2ccncc2C1=O. The second kappa shape index (κ2) is 2.96. The standard InChI is InChI=1S/C10H6N2O2/c1-2-5-12-9(13)7-3-4-11-6-8(7)10(12)14/h1,3-4,6H,5H2. The Labute approximate surface area is 80.6 Å². The predicted molar refractivity (Wildman–Crippen MR) is 48.4 cm³/mol. The van der Waals surface area contributed by atoms with Crippen LogP contribution in [0.3, 0.4) is 0 Å². The van der Waals surface area contributed by atoms with Crippen molar-refractivity contribution in [1.82, 2.24) is 9.88 Å². The van der Waals surface area contributed by atoms with Crippen LogP contribution in [0.4, 0.5) is 0 Å². The molecule has 1 aromatic heterocycles. The van der Waals surface area contributed by atoms with E-state index in [4.69, 9.17) is 6.42 Å². The van der Waals surface area contributed by atoms with E-state index < -0.39 is 0 Å². The van der Waals surface area contributed by atoms with Crippen LogP contribution in [0.2, 0.25) is 0 Å². The first-order chi connectivity index (χ1) is 6.75. The van der Waals surface area contributed by atoms with Crippen molar-refractivity contribution in [3.63, 3.8) is 0 Å². The van der Waals surface area contributed by atoms with Gasteiger partial charge in [-0.15, -0.1) is 6.42 Å². The summed E-state index contributed by atoms with van der Waals surface area (Å²) in [6, 6.07) is 1.52. The number of aromatic nitrogens is 1. The molecule has 0 N–H and O–H groups in total. The Hall–Kier alpha value is -2.15. The van der Waals surface area contributed by atoms with Gasteiger partial charge in [-0.2, -0.15) is 0 Å². The molecule has 0 saturated heterocycles. The number of hydrogen-bond acceptors (Lipinski definition) is 3. The lowest BCUT2D eigenvalue weighted by molar-refractivity contribution is 0.0675. The van der Waals surface area contributed by atoms with Crippen LogP contribution in [0.25, 0.3) is 0 Å². The number of carbonyl (C=O) groups excluding carboxylic acids is 2. The van der Waals surface area contributed by atoms with E-state index in [0.29, 0.717) is 11.1 Å². The number of pyridine rings is 1. The van der Waals surface area contributed by atoms with E-state index >= 15 is 0 Å². The highest BCUT2D eigenvalue weighted by molar-refractivity contribution is 6.21. The highest BCUT2D eigenvalue weighted by Crippen LogP contribution is 2.20. The smallest absolute Gasteiger partial charge is 0.263 e. The Bertz CT molecular complexity index is 424.